The minimum Gasteiger partial charge on any atom is -0.341 e. The Morgan fingerprint density at radius 2 is 2.08 bits per heavy atom. The molecule has 0 bridgehead atoms. The number of hydrogen-bond donors (Lipinski definition) is 0. The van der Waals surface area contributed by atoms with Gasteiger partial charge in [0, 0.05) is 25.2 Å². The first-order valence-corrected chi connectivity index (χ1v) is 9.98. The minimum atomic E-state index is -0.623. The van der Waals surface area contributed by atoms with Gasteiger partial charge in [0.1, 0.15) is 5.54 Å². The second-order valence-electron chi connectivity index (χ2n) is 7.02. The van der Waals surface area contributed by atoms with Gasteiger partial charge in [0.25, 0.3) is 5.91 Å². The SMILES string of the molecule is CCCN1CCCC2(CCCN2C(=O)c2ccc3scnc3c2)C1=O. The Bertz CT molecular complexity index is 816. The average Bonchev–Trinajstić information content (AvgIpc) is 3.25. The van der Waals surface area contributed by atoms with E-state index in [9.17, 15) is 9.59 Å². The predicted molar refractivity (Wildman–Crippen MR) is 98.7 cm³/mol. The molecule has 1 spiro atoms. The minimum absolute atomic E-state index is 0.0286. The number of fused-ring (bicyclic) bond motifs is 1. The lowest BCUT2D eigenvalue weighted by molar-refractivity contribution is -0.145. The molecular weight excluding hydrogens is 334 g/mol. The fourth-order valence-corrected chi connectivity index (χ4v) is 5.01. The van der Waals surface area contributed by atoms with Gasteiger partial charge in [-0.25, -0.2) is 4.98 Å². The van der Waals surface area contributed by atoms with Crippen LogP contribution in [0.3, 0.4) is 0 Å². The van der Waals surface area contributed by atoms with Crippen LogP contribution in [0.2, 0.25) is 0 Å². The maximum Gasteiger partial charge on any atom is 0.254 e. The molecule has 2 aliphatic rings. The Hall–Kier alpha value is -1.95. The van der Waals surface area contributed by atoms with Crippen LogP contribution in [0.4, 0.5) is 0 Å². The predicted octanol–water partition coefficient (Wildman–Crippen LogP) is 3.30. The Kier molecular flexibility index (Phi) is 4.23. The molecular formula is C19H23N3O2S. The fraction of sp³-hybridized carbons (Fsp3) is 0.526. The summed E-state index contributed by atoms with van der Waals surface area (Å²) in [5, 5.41) is 0. The van der Waals surface area contributed by atoms with Crippen LogP contribution in [0.5, 0.6) is 0 Å². The summed E-state index contributed by atoms with van der Waals surface area (Å²) in [6.45, 7) is 4.36. The third-order valence-electron chi connectivity index (χ3n) is 5.51. The van der Waals surface area contributed by atoms with Crippen LogP contribution in [-0.4, -0.2) is 51.8 Å². The number of carbonyl (C=O) groups is 2. The average molecular weight is 357 g/mol. The highest BCUT2D eigenvalue weighted by molar-refractivity contribution is 7.16. The van der Waals surface area contributed by atoms with E-state index >= 15 is 0 Å². The smallest absolute Gasteiger partial charge is 0.254 e. The summed E-state index contributed by atoms with van der Waals surface area (Å²) in [5.41, 5.74) is 2.66. The van der Waals surface area contributed by atoms with E-state index in [1.165, 1.54) is 0 Å². The Balaban J connectivity index is 1.66. The summed E-state index contributed by atoms with van der Waals surface area (Å²) < 4.78 is 1.08. The summed E-state index contributed by atoms with van der Waals surface area (Å²) in [4.78, 5) is 34.5. The van der Waals surface area contributed by atoms with Crippen LogP contribution in [0.1, 0.15) is 49.4 Å². The lowest BCUT2D eigenvalue weighted by atomic mass is 9.85. The van der Waals surface area contributed by atoms with Gasteiger partial charge in [0.15, 0.2) is 0 Å². The Morgan fingerprint density at radius 3 is 2.88 bits per heavy atom. The van der Waals surface area contributed by atoms with Gasteiger partial charge in [-0.1, -0.05) is 6.92 Å². The molecule has 0 saturated carbocycles. The molecule has 0 aliphatic carbocycles. The van der Waals surface area contributed by atoms with E-state index in [1.54, 1.807) is 16.8 Å². The van der Waals surface area contributed by atoms with Gasteiger partial charge < -0.3 is 9.80 Å². The monoisotopic (exact) mass is 357 g/mol. The molecule has 3 heterocycles. The maximum absolute atomic E-state index is 13.2. The normalized spacial score (nSPS) is 23.8. The molecule has 5 nitrogen and oxygen atoms in total. The number of rotatable bonds is 3. The zero-order valence-electron chi connectivity index (χ0n) is 14.5. The molecule has 1 unspecified atom stereocenters. The van der Waals surface area contributed by atoms with Gasteiger partial charge in [0.05, 0.1) is 15.7 Å². The van der Waals surface area contributed by atoms with E-state index in [0.29, 0.717) is 12.1 Å². The van der Waals surface area contributed by atoms with E-state index in [0.717, 1.165) is 55.4 Å². The zero-order valence-corrected chi connectivity index (χ0v) is 15.3. The number of hydrogen-bond acceptors (Lipinski definition) is 4. The van der Waals surface area contributed by atoms with Crippen molar-refractivity contribution in [1.29, 1.82) is 0 Å². The van der Waals surface area contributed by atoms with Crippen molar-refractivity contribution >= 4 is 33.4 Å². The van der Waals surface area contributed by atoms with E-state index in [-0.39, 0.29) is 11.8 Å². The number of carbonyl (C=O) groups excluding carboxylic acids is 2. The van der Waals surface area contributed by atoms with E-state index < -0.39 is 5.54 Å². The number of likely N-dealkylation sites (tertiary alicyclic amines) is 2. The molecule has 132 valence electrons. The fourth-order valence-electron chi connectivity index (χ4n) is 4.35. The molecule has 2 amide bonds. The summed E-state index contributed by atoms with van der Waals surface area (Å²) >= 11 is 1.57. The van der Waals surface area contributed by atoms with Crippen LogP contribution in [0.25, 0.3) is 10.2 Å². The van der Waals surface area contributed by atoms with Crippen molar-refractivity contribution in [2.45, 2.75) is 44.6 Å². The highest BCUT2D eigenvalue weighted by Crippen LogP contribution is 2.39. The van der Waals surface area contributed by atoms with Gasteiger partial charge in [-0.3, -0.25) is 9.59 Å². The van der Waals surface area contributed by atoms with Gasteiger partial charge in [0.2, 0.25) is 5.91 Å². The molecule has 25 heavy (non-hydrogen) atoms. The third-order valence-corrected chi connectivity index (χ3v) is 6.32. The van der Waals surface area contributed by atoms with Crippen LogP contribution in [0.15, 0.2) is 23.7 Å². The number of nitrogens with zero attached hydrogens (tertiary/aromatic N) is 3. The van der Waals surface area contributed by atoms with Crippen molar-refractivity contribution in [1.82, 2.24) is 14.8 Å². The maximum atomic E-state index is 13.2. The third kappa shape index (κ3) is 2.63. The first kappa shape index (κ1) is 16.5. The number of amides is 2. The van der Waals surface area contributed by atoms with Crippen LogP contribution in [-0.2, 0) is 4.79 Å². The highest BCUT2D eigenvalue weighted by atomic mass is 32.1. The van der Waals surface area contributed by atoms with Crippen molar-refractivity contribution in [3.63, 3.8) is 0 Å². The molecule has 2 aromatic rings. The molecule has 1 aromatic carbocycles. The van der Waals surface area contributed by atoms with E-state index in [2.05, 4.69) is 11.9 Å². The quantitative estimate of drug-likeness (QED) is 0.847. The first-order valence-electron chi connectivity index (χ1n) is 9.10. The number of benzene rings is 1. The Morgan fingerprint density at radius 1 is 1.28 bits per heavy atom. The molecule has 0 radical (unpaired) electrons. The molecule has 2 aliphatic heterocycles. The first-order chi connectivity index (χ1) is 12.2. The van der Waals surface area contributed by atoms with Gasteiger partial charge in [-0.2, -0.15) is 0 Å². The number of thiazole rings is 1. The molecule has 0 N–H and O–H groups in total. The van der Waals surface area contributed by atoms with Crippen LogP contribution < -0.4 is 0 Å². The van der Waals surface area contributed by atoms with Gasteiger partial charge in [-0.05, 0) is 50.3 Å². The summed E-state index contributed by atoms with van der Waals surface area (Å²) in [6.07, 6.45) is 4.40. The van der Waals surface area contributed by atoms with Crippen molar-refractivity contribution in [2.24, 2.45) is 0 Å². The summed E-state index contributed by atoms with van der Waals surface area (Å²) in [6, 6.07) is 5.68. The topological polar surface area (TPSA) is 53.5 Å². The highest BCUT2D eigenvalue weighted by Gasteiger charge is 2.52. The molecule has 2 saturated heterocycles. The molecule has 1 aromatic heterocycles. The second kappa shape index (κ2) is 6.41. The Labute approximate surface area is 151 Å². The van der Waals surface area contributed by atoms with E-state index in [4.69, 9.17) is 0 Å². The van der Waals surface area contributed by atoms with Crippen LogP contribution in [0, 0.1) is 0 Å². The van der Waals surface area contributed by atoms with E-state index in [1.807, 2.05) is 28.0 Å². The van der Waals surface area contributed by atoms with Crippen molar-refractivity contribution < 1.29 is 9.59 Å². The summed E-state index contributed by atoms with van der Waals surface area (Å²) in [5.74, 6) is 0.125. The zero-order chi connectivity index (χ0) is 17.4. The largest absolute Gasteiger partial charge is 0.341 e. The van der Waals surface area contributed by atoms with Gasteiger partial charge >= 0.3 is 0 Å². The standard InChI is InChI=1S/C19H23N3O2S/c1-2-9-21-10-3-7-19(18(21)24)8-4-11-22(19)17(23)14-5-6-16-15(12-14)20-13-25-16/h5-6,12-13H,2-4,7-11H2,1H3. The molecule has 2 fully saturated rings. The van der Waals surface area contributed by atoms with Crippen molar-refractivity contribution in [3.8, 4) is 0 Å². The van der Waals surface area contributed by atoms with Crippen LogP contribution >= 0.6 is 11.3 Å². The number of aromatic nitrogens is 1. The molecule has 4 rings (SSSR count). The summed E-state index contributed by atoms with van der Waals surface area (Å²) in [7, 11) is 0. The van der Waals surface area contributed by atoms with Crippen molar-refractivity contribution in [3.05, 3.63) is 29.3 Å². The lowest BCUT2D eigenvalue weighted by Gasteiger charge is -2.44. The number of piperidine rings is 1. The molecule has 6 heteroatoms. The molecule has 1 atom stereocenters. The second-order valence-corrected chi connectivity index (χ2v) is 7.91. The lowest BCUT2D eigenvalue weighted by Crippen LogP contribution is -2.61. The van der Waals surface area contributed by atoms with Crippen molar-refractivity contribution in [2.75, 3.05) is 19.6 Å². The van der Waals surface area contributed by atoms with Gasteiger partial charge in [-0.15, -0.1) is 11.3 Å².